The van der Waals surface area contributed by atoms with Crippen LogP contribution in [0.2, 0.25) is 0 Å². The van der Waals surface area contributed by atoms with Gasteiger partial charge in [-0.15, -0.1) is 0 Å². The molecule has 8 heteroatoms. The van der Waals surface area contributed by atoms with Gasteiger partial charge in [0.05, 0.1) is 12.6 Å². The van der Waals surface area contributed by atoms with Crippen molar-refractivity contribution in [3.63, 3.8) is 0 Å². The van der Waals surface area contributed by atoms with Crippen LogP contribution in [0.4, 0.5) is 5.82 Å². The Balaban J connectivity index is 1.56. The van der Waals surface area contributed by atoms with Crippen molar-refractivity contribution in [3.05, 3.63) is 52.6 Å². The molecule has 0 amide bonds. The van der Waals surface area contributed by atoms with Gasteiger partial charge in [-0.1, -0.05) is 0 Å². The molecular formula is C18H21N7O. The summed E-state index contributed by atoms with van der Waals surface area (Å²) in [7, 11) is 0. The molecule has 1 aliphatic rings. The summed E-state index contributed by atoms with van der Waals surface area (Å²) in [5.41, 5.74) is 2.08. The third-order valence-electron chi connectivity index (χ3n) is 4.95. The van der Waals surface area contributed by atoms with Crippen molar-refractivity contribution in [1.29, 1.82) is 0 Å². The summed E-state index contributed by atoms with van der Waals surface area (Å²) in [6.07, 6.45) is 7.32. The predicted molar refractivity (Wildman–Crippen MR) is 98.0 cm³/mol. The summed E-state index contributed by atoms with van der Waals surface area (Å²) in [6, 6.07) is 4.30. The molecule has 8 nitrogen and oxygen atoms in total. The van der Waals surface area contributed by atoms with Crippen molar-refractivity contribution in [2.75, 3.05) is 11.4 Å². The van der Waals surface area contributed by atoms with Crippen LogP contribution in [0.15, 0.2) is 35.8 Å². The molecule has 1 aliphatic heterocycles. The van der Waals surface area contributed by atoms with Crippen LogP contribution in [0.25, 0.3) is 11.4 Å². The number of aromatic nitrogens is 6. The number of aromatic amines is 1. The molecule has 4 rings (SSSR count). The number of hydrogen-bond donors (Lipinski definition) is 1. The summed E-state index contributed by atoms with van der Waals surface area (Å²) in [5, 5.41) is 4.20. The second-order valence-electron chi connectivity index (χ2n) is 6.64. The number of hydrogen-bond acceptors (Lipinski definition) is 6. The molecule has 1 N–H and O–H groups in total. The first-order valence-corrected chi connectivity index (χ1v) is 8.75. The molecule has 1 unspecified atom stereocenters. The number of aryl methyl sites for hydroxylation is 1. The van der Waals surface area contributed by atoms with Gasteiger partial charge in [-0.25, -0.2) is 15.0 Å². The molecule has 1 saturated heterocycles. The fourth-order valence-electron chi connectivity index (χ4n) is 3.35. The first kappa shape index (κ1) is 16.4. The average molecular weight is 351 g/mol. The van der Waals surface area contributed by atoms with E-state index in [-0.39, 0.29) is 5.56 Å². The van der Waals surface area contributed by atoms with Crippen LogP contribution in [-0.2, 0) is 6.54 Å². The third-order valence-corrected chi connectivity index (χ3v) is 4.95. The Labute approximate surface area is 151 Å². The Morgan fingerprint density at radius 1 is 1.31 bits per heavy atom. The predicted octanol–water partition coefficient (Wildman–Crippen LogP) is 1.71. The van der Waals surface area contributed by atoms with Crippen molar-refractivity contribution >= 4 is 5.82 Å². The van der Waals surface area contributed by atoms with Crippen molar-refractivity contribution in [1.82, 2.24) is 29.7 Å². The SMILES string of the molecule is Cc1nc(-c2ccc(N3CCCC3Cn3cncn3)nc2)[nH]c(=O)c1C. The van der Waals surface area contributed by atoms with Gasteiger partial charge in [0.2, 0.25) is 0 Å². The molecule has 4 heterocycles. The molecule has 0 bridgehead atoms. The maximum atomic E-state index is 12.0. The summed E-state index contributed by atoms with van der Waals surface area (Å²) >= 11 is 0. The van der Waals surface area contributed by atoms with Crippen LogP contribution in [0.5, 0.6) is 0 Å². The van der Waals surface area contributed by atoms with Crippen molar-refractivity contribution < 1.29 is 0 Å². The van der Waals surface area contributed by atoms with E-state index in [0.29, 0.717) is 17.4 Å². The topological polar surface area (TPSA) is 92.6 Å². The summed E-state index contributed by atoms with van der Waals surface area (Å²) in [6.45, 7) is 5.39. The number of nitrogens with zero attached hydrogens (tertiary/aromatic N) is 6. The molecule has 0 radical (unpaired) electrons. The van der Waals surface area contributed by atoms with Crippen LogP contribution in [0.1, 0.15) is 24.1 Å². The van der Waals surface area contributed by atoms with E-state index >= 15 is 0 Å². The lowest BCUT2D eigenvalue weighted by Gasteiger charge is -2.25. The van der Waals surface area contributed by atoms with Crippen LogP contribution in [0.3, 0.4) is 0 Å². The first-order chi connectivity index (χ1) is 12.6. The second-order valence-corrected chi connectivity index (χ2v) is 6.64. The largest absolute Gasteiger partial charge is 0.352 e. The van der Waals surface area contributed by atoms with E-state index in [1.165, 1.54) is 0 Å². The molecule has 0 aliphatic carbocycles. The van der Waals surface area contributed by atoms with Gasteiger partial charge >= 0.3 is 0 Å². The first-order valence-electron chi connectivity index (χ1n) is 8.75. The van der Waals surface area contributed by atoms with Gasteiger partial charge in [0.25, 0.3) is 5.56 Å². The average Bonchev–Trinajstić information content (AvgIpc) is 3.32. The molecule has 0 spiro atoms. The Bertz CT molecular complexity index is 947. The molecular weight excluding hydrogens is 330 g/mol. The zero-order valence-electron chi connectivity index (χ0n) is 14.9. The quantitative estimate of drug-likeness (QED) is 0.769. The van der Waals surface area contributed by atoms with E-state index in [0.717, 1.165) is 43.0 Å². The molecule has 1 atom stereocenters. The van der Waals surface area contributed by atoms with E-state index in [1.807, 2.05) is 23.7 Å². The minimum atomic E-state index is -0.107. The summed E-state index contributed by atoms with van der Waals surface area (Å²) in [4.78, 5) is 30.2. The Morgan fingerprint density at radius 3 is 2.88 bits per heavy atom. The number of pyridine rings is 1. The molecule has 0 saturated carbocycles. The van der Waals surface area contributed by atoms with Gasteiger partial charge in [0.15, 0.2) is 0 Å². The normalized spacial score (nSPS) is 17.0. The standard InChI is InChI=1S/C18H21N7O/c1-12-13(2)22-17(23-18(12)26)14-5-6-16(20-8-14)25-7-3-4-15(25)9-24-11-19-10-21-24/h5-6,8,10-11,15H,3-4,7,9H2,1-2H3,(H,22,23,26). The van der Waals surface area contributed by atoms with Crippen LogP contribution < -0.4 is 10.5 Å². The molecule has 26 heavy (non-hydrogen) atoms. The number of H-pyrrole nitrogens is 1. The highest BCUT2D eigenvalue weighted by molar-refractivity contribution is 5.57. The lowest BCUT2D eigenvalue weighted by molar-refractivity contribution is 0.506. The highest BCUT2D eigenvalue weighted by Crippen LogP contribution is 2.26. The van der Waals surface area contributed by atoms with Crippen LogP contribution >= 0.6 is 0 Å². The van der Waals surface area contributed by atoms with E-state index in [9.17, 15) is 4.79 Å². The van der Waals surface area contributed by atoms with Crippen molar-refractivity contribution in [2.45, 2.75) is 39.3 Å². The maximum absolute atomic E-state index is 12.0. The molecule has 1 fully saturated rings. The number of anilines is 1. The highest BCUT2D eigenvalue weighted by Gasteiger charge is 2.26. The summed E-state index contributed by atoms with van der Waals surface area (Å²) in [5.74, 6) is 1.49. The van der Waals surface area contributed by atoms with Crippen molar-refractivity contribution in [3.8, 4) is 11.4 Å². The lowest BCUT2D eigenvalue weighted by Crippen LogP contribution is -2.33. The van der Waals surface area contributed by atoms with Crippen LogP contribution in [-0.4, -0.2) is 42.3 Å². The summed E-state index contributed by atoms with van der Waals surface area (Å²) < 4.78 is 1.86. The van der Waals surface area contributed by atoms with Crippen LogP contribution in [0, 0.1) is 13.8 Å². The van der Waals surface area contributed by atoms with Gasteiger partial charge in [-0.05, 0) is 38.8 Å². The minimum absolute atomic E-state index is 0.107. The van der Waals surface area contributed by atoms with Gasteiger partial charge in [0, 0.05) is 29.6 Å². The van der Waals surface area contributed by atoms with Gasteiger partial charge in [-0.2, -0.15) is 5.10 Å². The smallest absolute Gasteiger partial charge is 0.254 e. The maximum Gasteiger partial charge on any atom is 0.254 e. The van der Waals surface area contributed by atoms with Crippen molar-refractivity contribution in [2.24, 2.45) is 0 Å². The zero-order valence-corrected chi connectivity index (χ0v) is 14.9. The minimum Gasteiger partial charge on any atom is -0.352 e. The molecule has 0 aromatic carbocycles. The Hall–Kier alpha value is -3.03. The molecule has 3 aromatic heterocycles. The van der Waals surface area contributed by atoms with Gasteiger partial charge in [0.1, 0.15) is 24.3 Å². The highest BCUT2D eigenvalue weighted by atomic mass is 16.1. The Morgan fingerprint density at radius 2 is 2.19 bits per heavy atom. The van der Waals surface area contributed by atoms with Gasteiger partial charge < -0.3 is 9.88 Å². The number of rotatable bonds is 4. The fourth-order valence-corrected chi connectivity index (χ4v) is 3.35. The zero-order chi connectivity index (χ0) is 18.1. The lowest BCUT2D eigenvalue weighted by atomic mass is 10.2. The van der Waals surface area contributed by atoms with E-state index < -0.39 is 0 Å². The monoisotopic (exact) mass is 351 g/mol. The third kappa shape index (κ3) is 3.10. The Kier molecular flexibility index (Phi) is 4.24. The second kappa shape index (κ2) is 6.70. The van der Waals surface area contributed by atoms with Gasteiger partial charge in [-0.3, -0.25) is 9.48 Å². The molecule has 3 aromatic rings. The van der Waals surface area contributed by atoms with E-state index in [1.54, 1.807) is 25.8 Å². The fraction of sp³-hybridized carbons (Fsp3) is 0.389. The molecule has 134 valence electrons. The van der Waals surface area contributed by atoms with E-state index in [2.05, 4.69) is 29.9 Å². The number of nitrogens with one attached hydrogen (secondary N) is 1. The van der Waals surface area contributed by atoms with E-state index in [4.69, 9.17) is 0 Å².